The first-order valence-electron chi connectivity index (χ1n) is 6.17. The number of nitro groups is 1. The first kappa shape index (κ1) is 14.4. The molecule has 0 N–H and O–H groups in total. The van der Waals surface area contributed by atoms with E-state index in [1.54, 1.807) is 0 Å². The van der Waals surface area contributed by atoms with Crippen LogP contribution in [0.5, 0.6) is 5.75 Å². The van der Waals surface area contributed by atoms with E-state index in [2.05, 4.69) is 0 Å². The molecule has 0 amide bonds. The van der Waals surface area contributed by atoms with Gasteiger partial charge in [-0.3, -0.25) is 14.9 Å². The quantitative estimate of drug-likeness (QED) is 0.610. The minimum atomic E-state index is -0.849. The van der Waals surface area contributed by atoms with Crippen molar-refractivity contribution in [3.05, 3.63) is 33.6 Å². The maximum atomic E-state index is 13.7. The van der Waals surface area contributed by atoms with Gasteiger partial charge in [0.15, 0.2) is 17.3 Å². The monoisotopic (exact) mass is 283 g/mol. The standard InChI is InChI=1S/C13H14FNO5/c1-8-4-13(10(14)5-11(8)15(17)18)20-7-12(16)9-2-3-19-6-9/h4-5,9H,2-3,6-7H2,1H3. The van der Waals surface area contributed by atoms with Crippen molar-refractivity contribution in [2.45, 2.75) is 13.3 Å². The summed E-state index contributed by atoms with van der Waals surface area (Å²) in [7, 11) is 0. The summed E-state index contributed by atoms with van der Waals surface area (Å²) >= 11 is 0. The van der Waals surface area contributed by atoms with Crippen molar-refractivity contribution >= 4 is 11.5 Å². The number of carbonyl (C=O) groups excluding carboxylic acids is 1. The number of ether oxygens (including phenoxy) is 2. The Hall–Kier alpha value is -2.02. The molecule has 20 heavy (non-hydrogen) atoms. The van der Waals surface area contributed by atoms with Gasteiger partial charge in [-0.25, -0.2) is 4.39 Å². The van der Waals surface area contributed by atoms with E-state index in [4.69, 9.17) is 9.47 Å². The summed E-state index contributed by atoms with van der Waals surface area (Å²) in [5, 5.41) is 10.7. The molecule has 1 heterocycles. The average Bonchev–Trinajstić information content (AvgIpc) is 2.92. The molecule has 1 aromatic rings. The van der Waals surface area contributed by atoms with Crippen LogP contribution in [0, 0.1) is 28.8 Å². The highest BCUT2D eigenvalue weighted by Gasteiger charge is 2.24. The minimum absolute atomic E-state index is 0.152. The number of benzene rings is 1. The first-order chi connectivity index (χ1) is 9.49. The van der Waals surface area contributed by atoms with Crippen molar-refractivity contribution in [2.75, 3.05) is 19.8 Å². The Bertz CT molecular complexity index is 540. The Morgan fingerprint density at radius 1 is 1.60 bits per heavy atom. The number of nitro benzene ring substituents is 1. The summed E-state index contributed by atoms with van der Waals surface area (Å²) in [6.07, 6.45) is 0.643. The van der Waals surface area contributed by atoms with Crippen LogP contribution < -0.4 is 4.74 Å². The van der Waals surface area contributed by atoms with Crippen LogP contribution in [0.4, 0.5) is 10.1 Å². The Kier molecular flexibility index (Phi) is 4.29. The van der Waals surface area contributed by atoms with Gasteiger partial charge < -0.3 is 9.47 Å². The summed E-state index contributed by atoms with van der Waals surface area (Å²) in [6.45, 7) is 2.13. The van der Waals surface area contributed by atoms with Gasteiger partial charge in [-0.1, -0.05) is 0 Å². The Morgan fingerprint density at radius 3 is 2.95 bits per heavy atom. The fourth-order valence-corrected chi connectivity index (χ4v) is 2.01. The van der Waals surface area contributed by atoms with E-state index < -0.39 is 10.7 Å². The zero-order valence-electron chi connectivity index (χ0n) is 10.9. The number of rotatable bonds is 5. The maximum absolute atomic E-state index is 13.7. The van der Waals surface area contributed by atoms with E-state index in [0.29, 0.717) is 19.6 Å². The SMILES string of the molecule is Cc1cc(OCC(=O)C2CCOC2)c(F)cc1[N+](=O)[O-]. The lowest BCUT2D eigenvalue weighted by Gasteiger charge is -2.10. The van der Waals surface area contributed by atoms with Gasteiger partial charge in [0.25, 0.3) is 5.69 Å². The molecule has 108 valence electrons. The lowest BCUT2D eigenvalue weighted by atomic mass is 10.0. The second-order valence-electron chi connectivity index (χ2n) is 4.64. The predicted octanol–water partition coefficient (Wildman–Crippen LogP) is 2.03. The van der Waals surface area contributed by atoms with Crippen LogP contribution in [-0.4, -0.2) is 30.5 Å². The van der Waals surface area contributed by atoms with E-state index in [1.165, 1.54) is 13.0 Å². The molecule has 6 nitrogen and oxygen atoms in total. The number of hydrogen-bond acceptors (Lipinski definition) is 5. The van der Waals surface area contributed by atoms with Crippen LogP contribution in [0.15, 0.2) is 12.1 Å². The number of ketones is 1. The van der Waals surface area contributed by atoms with Gasteiger partial charge in [0, 0.05) is 18.1 Å². The largest absolute Gasteiger partial charge is 0.483 e. The van der Waals surface area contributed by atoms with E-state index in [1.807, 2.05) is 0 Å². The van der Waals surface area contributed by atoms with Crippen molar-refractivity contribution in [3.63, 3.8) is 0 Å². The topological polar surface area (TPSA) is 78.7 Å². The summed E-state index contributed by atoms with van der Waals surface area (Å²) in [4.78, 5) is 21.7. The molecule has 0 radical (unpaired) electrons. The van der Waals surface area contributed by atoms with E-state index in [-0.39, 0.29) is 35.3 Å². The van der Waals surface area contributed by atoms with Gasteiger partial charge in [0.05, 0.1) is 17.6 Å². The molecule has 1 aromatic carbocycles. The highest BCUT2D eigenvalue weighted by Crippen LogP contribution is 2.27. The van der Waals surface area contributed by atoms with Gasteiger partial charge in [-0.15, -0.1) is 0 Å². The Morgan fingerprint density at radius 2 is 2.35 bits per heavy atom. The molecule has 0 bridgehead atoms. The fourth-order valence-electron chi connectivity index (χ4n) is 2.01. The van der Waals surface area contributed by atoms with Gasteiger partial charge in [-0.2, -0.15) is 0 Å². The Labute approximate surface area is 114 Å². The van der Waals surface area contributed by atoms with Gasteiger partial charge in [0.2, 0.25) is 0 Å². The molecule has 1 unspecified atom stereocenters. The van der Waals surface area contributed by atoms with Crippen molar-refractivity contribution in [2.24, 2.45) is 5.92 Å². The highest BCUT2D eigenvalue weighted by molar-refractivity contribution is 5.82. The van der Waals surface area contributed by atoms with Crippen molar-refractivity contribution in [1.29, 1.82) is 0 Å². The zero-order chi connectivity index (χ0) is 14.7. The smallest absolute Gasteiger partial charge is 0.275 e. The summed E-state index contributed by atoms with van der Waals surface area (Å²) in [5.41, 5.74) is -0.0339. The normalized spacial score (nSPS) is 18.0. The lowest BCUT2D eigenvalue weighted by Crippen LogP contribution is -2.22. The number of halogens is 1. The van der Waals surface area contributed by atoms with Crippen molar-refractivity contribution in [1.82, 2.24) is 0 Å². The molecule has 0 saturated carbocycles. The highest BCUT2D eigenvalue weighted by atomic mass is 19.1. The number of Topliss-reactive ketones (excluding diaryl/α,β-unsaturated/α-hetero) is 1. The second-order valence-corrected chi connectivity index (χ2v) is 4.64. The molecule has 1 aliphatic heterocycles. The predicted molar refractivity (Wildman–Crippen MR) is 67.2 cm³/mol. The molecule has 0 spiro atoms. The third kappa shape index (κ3) is 3.11. The number of hydrogen-bond donors (Lipinski definition) is 0. The summed E-state index contributed by atoms with van der Waals surface area (Å²) < 4.78 is 23.9. The Balaban J connectivity index is 2.04. The van der Waals surface area contributed by atoms with Crippen molar-refractivity contribution in [3.8, 4) is 5.75 Å². The molecule has 2 rings (SSSR count). The molecule has 0 aliphatic carbocycles. The molecule has 1 saturated heterocycles. The lowest BCUT2D eigenvalue weighted by molar-refractivity contribution is -0.385. The molecule has 1 atom stereocenters. The van der Waals surface area contributed by atoms with Crippen LogP contribution in [0.2, 0.25) is 0 Å². The molecule has 7 heteroatoms. The van der Waals surface area contributed by atoms with Gasteiger partial charge in [0.1, 0.15) is 6.61 Å². The first-order valence-corrected chi connectivity index (χ1v) is 6.17. The number of aryl methyl sites for hydroxylation is 1. The van der Waals surface area contributed by atoms with E-state index in [0.717, 1.165) is 6.07 Å². The summed E-state index contributed by atoms with van der Waals surface area (Å²) in [6, 6.07) is 2.03. The molecular weight excluding hydrogens is 269 g/mol. The molecular formula is C13H14FNO5. The second kappa shape index (κ2) is 5.96. The minimum Gasteiger partial charge on any atom is -0.483 e. The van der Waals surface area contributed by atoms with Crippen LogP contribution in [-0.2, 0) is 9.53 Å². The molecule has 1 fully saturated rings. The molecule has 1 aliphatic rings. The van der Waals surface area contributed by atoms with Crippen molar-refractivity contribution < 1.29 is 23.6 Å². The molecule has 0 aromatic heterocycles. The van der Waals surface area contributed by atoms with Gasteiger partial charge >= 0.3 is 0 Å². The van der Waals surface area contributed by atoms with E-state index in [9.17, 15) is 19.3 Å². The van der Waals surface area contributed by atoms with Crippen LogP contribution in [0.1, 0.15) is 12.0 Å². The van der Waals surface area contributed by atoms with Crippen LogP contribution >= 0.6 is 0 Å². The summed E-state index contributed by atoms with van der Waals surface area (Å²) in [5.74, 6) is -1.37. The fraction of sp³-hybridized carbons (Fsp3) is 0.462. The number of nitrogens with zero attached hydrogens (tertiary/aromatic N) is 1. The van der Waals surface area contributed by atoms with E-state index >= 15 is 0 Å². The maximum Gasteiger partial charge on any atom is 0.275 e. The third-order valence-corrected chi connectivity index (χ3v) is 3.20. The zero-order valence-corrected chi connectivity index (χ0v) is 10.9. The third-order valence-electron chi connectivity index (χ3n) is 3.20. The van der Waals surface area contributed by atoms with Crippen LogP contribution in [0.25, 0.3) is 0 Å². The average molecular weight is 283 g/mol. The number of carbonyl (C=O) groups is 1. The van der Waals surface area contributed by atoms with Gasteiger partial charge in [-0.05, 0) is 19.4 Å². The van der Waals surface area contributed by atoms with Crippen LogP contribution in [0.3, 0.4) is 0 Å².